The van der Waals surface area contributed by atoms with Crippen LogP contribution in [0.3, 0.4) is 0 Å². The fourth-order valence-corrected chi connectivity index (χ4v) is 5.11. The SMILES string of the molecule is COc1ccc([C@]2(O)[C@H](C)N(c3ccccc3)C3=[N+]2CCCS3)c(F)c1. The van der Waals surface area contributed by atoms with Gasteiger partial charge in [0.1, 0.15) is 17.3 Å². The van der Waals surface area contributed by atoms with E-state index in [4.69, 9.17) is 4.74 Å². The van der Waals surface area contributed by atoms with Gasteiger partial charge in [0.25, 0.3) is 5.72 Å². The summed E-state index contributed by atoms with van der Waals surface area (Å²) in [5, 5.41) is 12.8. The molecular weight excluding hydrogens is 351 g/mol. The zero-order valence-electron chi connectivity index (χ0n) is 14.9. The van der Waals surface area contributed by atoms with Crippen LogP contribution in [-0.2, 0) is 5.72 Å². The normalized spacial score (nSPS) is 25.4. The van der Waals surface area contributed by atoms with E-state index in [1.807, 2.05) is 41.8 Å². The van der Waals surface area contributed by atoms with Gasteiger partial charge < -0.3 is 9.84 Å². The number of benzene rings is 2. The summed E-state index contributed by atoms with van der Waals surface area (Å²) in [6.07, 6.45) is 0.948. The lowest BCUT2D eigenvalue weighted by Crippen LogP contribution is -2.48. The maximum atomic E-state index is 14.9. The van der Waals surface area contributed by atoms with Crippen LogP contribution >= 0.6 is 11.8 Å². The van der Waals surface area contributed by atoms with Crippen molar-refractivity contribution in [2.45, 2.75) is 25.1 Å². The summed E-state index contributed by atoms with van der Waals surface area (Å²) in [6.45, 7) is 2.64. The molecule has 6 heteroatoms. The summed E-state index contributed by atoms with van der Waals surface area (Å²) in [7, 11) is 1.51. The molecule has 0 aromatic heterocycles. The van der Waals surface area contributed by atoms with Gasteiger partial charge in [-0.3, -0.25) is 0 Å². The first-order valence-corrected chi connectivity index (χ1v) is 9.74. The van der Waals surface area contributed by atoms with E-state index in [-0.39, 0.29) is 11.6 Å². The van der Waals surface area contributed by atoms with E-state index < -0.39 is 11.5 Å². The Morgan fingerprint density at radius 3 is 2.73 bits per heavy atom. The highest BCUT2D eigenvalue weighted by atomic mass is 32.2. The summed E-state index contributed by atoms with van der Waals surface area (Å²) in [4.78, 5) is 2.12. The molecule has 0 bridgehead atoms. The number of halogens is 1. The lowest BCUT2D eigenvalue weighted by atomic mass is 9.94. The molecular formula is C20H22FN2O2S+. The van der Waals surface area contributed by atoms with Crippen molar-refractivity contribution in [1.29, 1.82) is 0 Å². The van der Waals surface area contributed by atoms with Crippen molar-refractivity contribution in [2.75, 3.05) is 24.3 Å². The van der Waals surface area contributed by atoms with Gasteiger partial charge in [0, 0.05) is 11.8 Å². The van der Waals surface area contributed by atoms with Crippen molar-refractivity contribution < 1.29 is 18.8 Å². The molecule has 0 spiro atoms. The Morgan fingerprint density at radius 1 is 1.27 bits per heavy atom. The fourth-order valence-electron chi connectivity index (χ4n) is 3.86. The third-order valence-corrected chi connectivity index (χ3v) is 6.35. The lowest BCUT2D eigenvalue weighted by molar-refractivity contribution is -0.662. The van der Waals surface area contributed by atoms with E-state index in [0.29, 0.717) is 12.3 Å². The topological polar surface area (TPSA) is 35.7 Å². The number of amidine groups is 1. The average Bonchev–Trinajstić information content (AvgIpc) is 2.90. The molecule has 2 atom stereocenters. The van der Waals surface area contributed by atoms with Crippen LogP contribution in [-0.4, -0.2) is 40.3 Å². The van der Waals surface area contributed by atoms with Gasteiger partial charge in [-0.15, -0.1) is 0 Å². The van der Waals surface area contributed by atoms with Crippen molar-refractivity contribution in [3.8, 4) is 5.75 Å². The average molecular weight is 373 g/mol. The number of aliphatic hydroxyl groups is 1. The molecule has 0 radical (unpaired) electrons. The minimum Gasteiger partial charge on any atom is -0.497 e. The molecule has 0 aliphatic carbocycles. The number of thioether (sulfide) groups is 1. The first-order chi connectivity index (χ1) is 12.6. The Balaban J connectivity index is 1.87. The van der Waals surface area contributed by atoms with Crippen molar-refractivity contribution in [1.82, 2.24) is 0 Å². The monoisotopic (exact) mass is 373 g/mol. The standard InChI is InChI=1S/C20H22FN2O2S/c1-14-20(24,17-10-9-16(25-2)13-18(17)21)22-11-6-12-26-19(22)23(14)15-7-4-3-5-8-15/h3-5,7-10,13-14,24H,6,11-12H2,1-2H3/q+1/t14-,20+/m0/s1. The summed E-state index contributed by atoms with van der Waals surface area (Å²) in [5.41, 5.74) is -0.155. The lowest BCUT2D eigenvalue weighted by Gasteiger charge is -2.29. The minimum absolute atomic E-state index is 0.282. The third-order valence-electron chi connectivity index (χ3n) is 5.18. The van der Waals surface area contributed by atoms with E-state index in [2.05, 4.69) is 4.90 Å². The van der Waals surface area contributed by atoms with Gasteiger partial charge in [0.15, 0.2) is 6.04 Å². The van der Waals surface area contributed by atoms with Gasteiger partial charge in [0.2, 0.25) is 0 Å². The van der Waals surface area contributed by atoms with Crippen molar-refractivity contribution in [2.24, 2.45) is 0 Å². The second-order valence-electron chi connectivity index (χ2n) is 6.59. The van der Waals surface area contributed by atoms with Crippen LogP contribution in [0.15, 0.2) is 48.5 Å². The zero-order valence-corrected chi connectivity index (χ0v) is 15.7. The Labute approximate surface area is 156 Å². The number of nitrogens with zero attached hydrogens (tertiary/aromatic N) is 2. The highest BCUT2D eigenvalue weighted by molar-refractivity contribution is 8.14. The van der Waals surface area contributed by atoms with Crippen LogP contribution in [0.1, 0.15) is 18.9 Å². The first-order valence-electron chi connectivity index (χ1n) is 8.75. The number of methoxy groups -OCH3 is 1. The molecule has 0 saturated carbocycles. The number of rotatable bonds is 3. The Morgan fingerprint density at radius 2 is 2.04 bits per heavy atom. The summed E-state index contributed by atoms with van der Waals surface area (Å²) in [6, 6.07) is 14.3. The van der Waals surface area contributed by atoms with Gasteiger partial charge in [-0.25, -0.2) is 13.9 Å². The number of hydrogen-bond donors (Lipinski definition) is 1. The molecule has 0 fully saturated rings. The number of ether oxygens (including phenoxy) is 1. The van der Waals surface area contributed by atoms with E-state index in [1.54, 1.807) is 23.9 Å². The molecule has 4 nitrogen and oxygen atoms in total. The molecule has 2 heterocycles. The smallest absolute Gasteiger partial charge is 0.316 e. The number of anilines is 1. The van der Waals surface area contributed by atoms with Gasteiger partial charge in [-0.2, -0.15) is 0 Å². The highest BCUT2D eigenvalue weighted by Crippen LogP contribution is 2.43. The fraction of sp³-hybridized carbons (Fsp3) is 0.350. The second-order valence-corrected chi connectivity index (χ2v) is 7.65. The third kappa shape index (κ3) is 2.51. The quantitative estimate of drug-likeness (QED) is 0.837. The second kappa shape index (κ2) is 6.59. The summed E-state index contributed by atoms with van der Waals surface area (Å²) in [5.74, 6) is 0.976. The molecule has 2 aliphatic rings. The van der Waals surface area contributed by atoms with Crippen LogP contribution in [0.2, 0.25) is 0 Å². The predicted molar refractivity (Wildman–Crippen MR) is 102 cm³/mol. The molecule has 2 aromatic rings. The van der Waals surface area contributed by atoms with Gasteiger partial charge in [-0.1, -0.05) is 18.2 Å². The first kappa shape index (κ1) is 17.4. The van der Waals surface area contributed by atoms with Crippen molar-refractivity contribution in [3.63, 3.8) is 0 Å². The Hall–Kier alpha value is -2.05. The Bertz CT molecular complexity index is 858. The van der Waals surface area contributed by atoms with E-state index in [9.17, 15) is 9.50 Å². The largest absolute Gasteiger partial charge is 0.497 e. The van der Waals surface area contributed by atoms with Crippen molar-refractivity contribution in [3.05, 3.63) is 59.9 Å². The molecule has 0 unspecified atom stereocenters. The van der Waals surface area contributed by atoms with Crippen LogP contribution in [0.5, 0.6) is 5.75 Å². The molecule has 2 aromatic carbocycles. The minimum atomic E-state index is -1.44. The predicted octanol–water partition coefficient (Wildman–Crippen LogP) is 3.39. The molecule has 2 aliphatic heterocycles. The molecule has 0 saturated heterocycles. The molecule has 26 heavy (non-hydrogen) atoms. The van der Waals surface area contributed by atoms with E-state index >= 15 is 0 Å². The van der Waals surface area contributed by atoms with Gasteiger partial charge in [-0.05, 0) is 49.4 Å². The maximum absolute atomic E-state index is 14.9. The van der Waals surface area contributed by atoms with Crippen LogP contribution < -0.4 is 9.64 Å². The Kier molecular flexibility index (Phi) is 4.40. The molecule has 0 amide bonds. The highest BCUT2D eigenvalue weighted by Gasteiger charge is 2.60. The number of para-hydroxylation sites is 1. The van der Waals surface area contributed by atoms with Crippen molar-refractivity contribution >= 4 is 22.6 Å². The zero-order chi connectivity index (χ0) is 18.3. The molecule has 1 N–H and O–H groups in total. The van der Waals surface area contributed by atoms with E-state index in [1.165, 1.54) is 13.2 Å². The van der Waals surface area contributed by atoms with Gasteiger partial charge >= 0.3 is 5.17 Å². The molecule has 136 valence electrons. The van der Waals surface area contributed by atoms with Crippen LogP contribution in [0, 0.1) is 5.82 Å². The number of hydrogen-bond acceptors (Lipinski definition) is 4. The summed E-state index contributed by atoms with van der Waals surface area (Å²) >= 11 is 1.71. The van der Waals surface area contributed by atoms with E-state index in [0.717, 1.165) is 23.0 Å². The summed E-state index contributed by atoms with van der Waals surface area (Å²) < 4.78 is 22.0. The maximum Gasteiger partial charge on any atom is 0.316 e. The van der Waals surface area contributed by atoms with Crippen LogP contribution in [0.4, 0.5) is 10.1 Å². The van der Waals surface area contributed by atoms with Crippen LogP contribution in [0.25, 0.3) is 0 Å². The van der Waals surface area contributed by atoms with Gasteiger partial charge in [0.05, 0.1) is 19.2 Å². The molecule has 4 rings (SSSR count).